The number of carbonyl (C=O) groups is 4. The molecule has 1 aromatic carbocycles. The lowest BCUT2D eigenvalue weighted by Crippen LogP contribution is -2.60. The summed E-state index contributed by atoms with van der Waals surface area (Å²) in [5.41, 5.74) is 23.0. The molecule has 0 bridgehead atoms. The maximum Gasteiger partial charge on any atom is 0.326 e. The number of nitrogens with one attached hydrogen (secondary N) is 3. The highest BCUT2D eigenvalue weighted by molar-refractivity contribution is 5.94. The zero-order valence-corrected chi connectivity index (χ0v) is 22.2. The normalized spacial score (nSPS) is 14.7. The molecule has 3 amide bonds. The van der Waals surface area contributed by atoms with E-state index in [1.54, 1.807) is 0 Å². The quantitative estimate of drug-likeness (QED) is 0.0534. The molecule has 0 radical (unpaired) electrons. The lowest BCUT2D eigenvalue weighted by molar-refractivity contribution is -0.143. The number of unbranched alkanes of at least 4 members (excludes halogenated alkanes) is 1. The first-order chi connectivity index (χ1) is 18.5. The fraction of sp³-hybridized carbons (Fsp3) is 0.560. The molecule has 5 atom stereocenters. The fourth-order valence-electron chi connectivity index (χ4n) is 3.68. The van der Waals surface area contributed by atoms with Crippen molar-refractivity contribution in [1.82, 2.24) is 16.0 Å². The van der Waals surface area contributed by atoms with Crippen LogP contribution in [-0.2, 0) is 25.6 Å². The van der Waals surface area contributed by atoms with E-state index in [0.717, 1.165) is 5.56 Å². The van der Waals surface area contributed by atoms with Crippen LogP contribution in [0.5, 0.6) is 0 Å². The van der Waals surface area contributed by atoms with E-state index in [9.17, 15) is 29.4 Å². The van der Waals surface area contributed by atoms with Crippen molar-refractivity contribution >= 4 is 29.7 Å². The number of benzene rings is 1. The van der Waals surface area contributed by atoms with Crippen molar-refractivity contribution in [2.24, 2.45) is 27.9 Å². The molecule has 0 saturated carbocycles. The third kappa shape index (κ3) is 13.0. The van der Waals surface area contributed by atoms with E-state index < -0.39 is 54.0 Å². The minimum absolute atomic E-state index is 0.0946. The standard InChI is InChI=1S/C25H42N8O6/c1-15(34)20(23(37)32-19(24(38)39)10-5-6-12-26)33-22(36)18(11-7-13-30-25(28)29)31-21(35)17(27)14-16-8-3-2-4-9-16/h2-4,8-9,15,17-20,34H,5-7,10-14,26-27H2,1H3,(H,31,35)(H,32,37)(H,33,36)(H,38,39)(H4,28,29,30). The number of carboxylic acids is 1. The molecule has 218 valence electrons. The van der Waals surface area contributed by atoms with Crippen molar-refractivity contribution in [2.75, 3.05) is 13.1 Å². The minimum Gasteiger partial charge on any atom is -0.480 e. The van der Waals surface area contributed by atoms with Gasteiger partial charge < -0.3 is 49.1 Å². The van der Waals surface area contributed by atoms with Gasteiger partial charge in [0.1, 0.15) is 18.1 Å². The molecule has 0 aliphatic carbocycles. The van der Waals surface area contributed by atoms with Gasteiger partial charge in [0.05, 0.1) is 12.1 Å². The smallest absolute Gasteiger partial charge is 0.326 e. The average Bonchev–Trinajstić information content (AvgIpc) is 2.88. The molecular formula is C25H42N8O6. The van der Waals surface area contributed by atoms with Crippen molar-refractivity contribution in [3.05, 3.63) is 35.9 Å². The monoisotopic (exact) mass is 550 g/mol. The van der Waals surface area contributed by atoms with Gasteiger partial charge in [-0.1, -0.05) is 30.3 Å². The summed E-state index contributed by atoms with van der Waals surface area (Å²) in [6.45, 7) is 1.83. The summed E-state index contributed by atoms with van der Waals surface area (Å²) < 4.78 is 0. The predicted molar refractivity (Wildman–Crippen MR) is 146 cm³/mol. The Kier molecular flexibility index (Phi) is 15.1. The number of nitrogens with two attached hydrogens (primary N) is 4. The molecule has 1 rings (SSSR count). The highest BCUT2D eigenvalue weighted by atomic mass is 16.4. The van der Waals surface area contributed by atoms with Crippen molar-refractivity contribution in [1.29, 1.82) is 0 Å². The molecule has 14 nitrogen and oxygen atoms in total. The highest BCUT2D eigenvalue weighted by Gasteiger charge is 2.32. The number of amides is 3. The zero-order valence-electron chi connectivity index (χ0n) is 22.2. The van der Waals surface area contributed by atoms with Crippen LogP contribution in [0.3, 0.4) is 0 Å². The van der Waals surface area contributed by atoms with E-state index in [1.807, 2.05) is 30.3 Å². The molecule has 0 aliphatic heterocycles. The Hall–Kier alpha value is -3.75. The van der Waals surface area contributed by atoms with E-state index in [0.29, 0.717) is 25.8 Å². The van der Waals surface area contributed by atoms with Crippen molar-refractivity contribution in [3.8, 4) is 0 Å². The van der Waals surface area contributed by atoms with E-state index in [2.05, 4.69) is 20.9 Å². The first-order valence-electron chi connectivity index (χ1n) is 12.8. The predicted octanol–water partition coefficient (Wildman–Crippen LogP) is -2.34. The Morgan fingerprint density at radius 1 is 0.897 bits per heavy atom. The van der Waals surface area contributed by atoms with Crippen molar-refractivity contribution < 1.29 is 29.4 Å². The number of hydrogen-bond donors (Lipinski definition) is 9. The van der Waals surface area contributed by atoms with Crippen LogP contribution in [0.1, 0.15) is 44.6 Å². The number of hydrogen-bond acceptors (Lipinski definition) is 8. The first-order valence-corrected chi connectivity index (χ1v) is 12.8. The van der Waals surface area contributed by atoms with Gasteiger partial charge in [-0.15, -0.1) is 0 Å². The second-order valence-corrected chi connectivity index (χ2v) is 9.22. The lowest BCUT2D eigenvalue weighted by Gasteiger charge is -2.26. The van der Waals surface area contributed by atoms with Crippen LogP contribution in [0, 0.1) is 0 Å². The molecule has 0 heterocycles. The number of carboxylic acid groups (broad SMARTS) is 1. The number of aliphatic hydroxyl groups is 1. The van der Waals surface area contributed by atoms with Gasteiger partial charge in [-0.3, -0.25) is 19.4 Å². The first kappa shape index (κ1) is 33.3. The molecule has 39 heavy (non-hydrogen) atoms. The highest BCUT2D eigenvalue weighted by Crippen LogP contribution is 2.07. The van der Waals surface area contributed by atoms with Crippen LogP contribution in [-0.4, -0.2) is 83.2 Å². The van der Waals surface area contributed by atoms with Crippen LogP contribution in [0.25, 0.3) is 0 Å². The summed E-state index contributed by atoms with van der Waals surface area (Å²) in [6, 6.07) is 4.29. The van der Waals surface area contributed by atoms with Gasteiger partial charge in [-0.25, -0.2) is 4.79 Å². The Labute approximate surface area is 228 Å². The number of guanidine groups is 1. The Bertz CT molecular complexity index is 955. The van der Waals surface area contributed by atoms with Gasteiger partial charge >= 0.3 is 5.97 Å². The molecule has 0 fully saturated rings. The molecular weight excluding hydrogens is 508 g/mol. The van der Waals surface area contributed by atoms with Gasteiger partial charge in [-0.2, -0.15) is 0 Å². The molecule has 13 N–H and O–H groups in total. The molecule has 0 aliphatic rings. The van der Waals surface area contributed by atoms with E-state index in [4.69, 9.17) is 22.9 Å². The molecule has 0 spiro atoms. The molecule has 0 saturated heterocycles. The Balaban J connectivity index is 2.96. The number of aliphatic carboxylic acids is 1. The van der Waals surface area contributed by atoms with Gasteiger partial charge in [0.25, 0.3) is 0 Å². The van der Waals surface area contributed by atoms with Crippen LogP contribution in [0.4, 0.5) is 0 Å². The van der Waals surface area contributed by atoms with Gasteiger partial charge in [0.15, 0.2) is 5.96 Å². The number of nitrogens with zero attached hydrogens (tertiary/aromatic N) is 1. The number of rotatable bonds is 18. The summed E-state index contributed by atoms with van der Waals surface area (Å²) >= 11 is 0. The van der Waals surface area contributed by atoms with Crippen LogP contribution in [0.2, 0.25) is 0 Å². The average molecular weight is 551 g/mol. The summed E-state index contributed by atoms with van der Waals surface area (Å²) in [5, 5.41) is 27.0. The summed E-state index contributed by atoms with van der Waals surface area (Å²) in [6.07, 6.45) is 0.424. The topological polar surface area (TPSA) is 261 Å². The lowest BCUT2D eigenvalue weighted by atomic mass is 10.0. The van der Waals surface area contributed by atoms with Crippen molar-refractivity contribution in [2.45, 2.75) is 75.7 Å². The van der Waals surface area contributed by atoms with Crippen LogP contribution < -0.4 is 38.9 Å². The van der Waals surface area contributed by atoms with Crippen LogP contribution in [0.15, 0.2) is 35.3 Å². The molecule has 5 unspecified atom stereocenters. The maximum atomic E-state index is 13.2. The maximum absolute atomic E-state index is 13.2. The summed E-state index contributed by atoms with van der Waals surface area (Å²) in [5.74, 6) is -3.63. The third-order valence-corrected chi connectivity index (χ3v) is 5.84. The zero-order chi connectivity index (χ0) is 29.4. The molecule has 0 aromatic heterocycles. The number of aliphatic imine (C=N–C) groups is 1. The molecule has 14 heteroatoms. The van der Waals surface area contributed by atoms with Crippen LogP contribution >= 0.6 is 0 Å². The largest absolute Gasteiger partial charge is 0.480 e. The summed E-state index contributed by atoms with van der Waals surface area (Å²) in [7, 11) is 0. The Morgan fingerprint density at radius 2 is 1.51 bits per heavy atom. The second kappa shape index (κ2) is 17.7. The second-order valence-electron chi connectivity index (χ2n) is 9.22. The minimum atomic E-state index is -1.48. The van der Waals surface area contributed by atoms with Gasteiger partial charge in [0, 0.05) is 6.54 Å². The Morgan fingerprint density at radius 3 is 2.08 bits per heavy atom. The number of aliphatic hydroxyl groups excluding tert-OH is 1. The van der Waals surface area contributed by atoms with Gasteiger partial charge in [0.2, 0.25) is 17.7 Å². The molecule has 1 aromatic rings. The van der Waals surface area contributed by atoms with E-state index in [1.165, 1.54) is 6.92 Å². The van der Waals surface area contributed by atoms with E-state index >= 15 is 0 Å². The van der Waals surface area contributed by atoms with Gasteiger partial charge in [-0.05, 0) is 57.6 Å². The summed E-state index contributed by atoms with van der Waals surface area (Å²) in [4.78, 5) is 54.3. The number of carbonyl (C=O) groups excluding carboxylic acids is 3. The fourth-order valence-corrected chi connectivity index (χ4v) is 3.68. The van der Waals surface area contributed by atoms with Crippen molar-refractivity contribution in [3.63, 3.8) is 0 Å². The van der Waals surface area contributed by atoms with E-state index in [-0.39, 0.29) is 31.8 Å². The third-order valence-electron chi connectivity index (χ3n) is 5.84. The SMILES string of the molecule is CC(O)C(NC(=O)C(CCCN=C(N)N)NC(=O)C(N)Cc1ccccc1)C(=O)NC(CCCCN)C(=O)O.